The first-order chi connectivity index (χ1) is 9.24. The molecular formula is C6H5Na2O13Si2-5. The van der Waals surface area contributed by atoms with Gasteiger partial charge in [-0.25, -0.2) is 0 Å². The zero-order chi connectivity index (χ0) is 17.8. The van der Waals surface area contributed by atoms with Crippen LogP contribution in [0.2, 0.25) is 0 Å². The predicted octanol–water partition coefficient (Wildman–Crippen LogP) is -17.0. The summed E-state index contributed by atoms with van der Waals surface area (Å²) < 4.78 is 17.0. The number of aliphatic carboxylic acids is 3. The molecule has 0 atom stereocenters. The third-order valence-electron chi connectivity index (χ3n) is 1.25. The van der Waals surface area contributed by atoms with Gasteiger partial charge in [-0.1, -0.05) is 0 Å². The molecule has 0 amide bonds. The molecule has 0 aliphatic heterocycles. The van der Waals surface area contributed by atoms with Crippen molar-refractivity contribution >= 4 is 36.2 Å². The maximum Gasteiger partial charge on any atom is 1.00 e. The van der Waals surface area contributed by atoms with Gasteiger partial charge in [-0.15, -0.1) is 0 Å². The van der Waals surface area contributed by atoms with E-state index in [0.29, 0.717) is 0 Å². The molecule has 0 aromatic heterocycles. The maximum absolute atomic E-state index is 10.1. The van der Waals surface area contributed by atoms with Crippen LogP contribution >= 0.6 is 0 Å². The Kier molecular flexibility index (Phi) is 26.6. The van der Waals surface area contributed by atoms with Crippen LogP contribution in [-0.2, 0) is 23.3 Å². The van der Waals surface area contributed by atoms with Crippen LogP contribution in [0.3, 0.4) is 0 Å². The number of aliphatic hydroxyl groups is 1. The first-order valence-electron chi connectivity index (χ1n) is 4.34. The molecule has 0 aliphatic rings. The second-order valence-electron chi connectivity index (χ2n) is 2.92. The van der Waals surface area contributed by atoms with Crippen LogP contribution in [0.1, 0.15) is 12.8 Å². The first kappa shape index (κ1) is 34.0. The zero-order valence-corrected chi connectivity index (χ0v) is 17.8. The Morgan fingerprint density at radius 3 is 1.04 bits per heavy atom. The number of carbonyl (C=O) groups is 3. The minimum Gasteiger partial charge on any atom is -0.672 e. The molecule has 0 aromatic carbocycles. The number of hydrogen-bond acceptors (Lipinski definition) is 13. The molecule has 1 N–H and O–H groups in total. The standard InChI is InChI=1S/C6H8O7.2Na.2O3Si/c7-3(8)1-6(13,5(11)12)2-4(9)10;;;2*1-4(2)3/h13H,1-2H2,(H,7,8)(H,9,10)(H,11,12);;;;/q;2*+1;2*-2/p-3. The van der Waals surface area contributed by atoms with E-state index in [9.17, 15) is 29.7 Å². The van der Waals surface area contributed by atoms with Gasteiger partial charge < -0.3 is 62.9 Å². The van der Waals surface area contributed by atoms with Crippen molar-refractivity contribution in [3.05, 3.63) is 0 Å². The fourth-order valence-corrected chi connectivity index (χ4v) is 0.684. The van der Waals surface area contributed by atoms with E-state index >= 15 is 0 Å². The molecule has 0 spiro atoms. The van der Waals surface area contributed by atoms with Gasteiger partial charge in [0.1, 0.15) is 5.60 Å². The number of carbonyl (C=O) groups excluding carboxylic acids is 3. The SMILES string of the molecule is O=C([O-])CC(O)(CC(=O)[O-])C(=O)[O-].O=[Si]([O-])[O-].O=[Si]([O-])[O-].[Na+].[Na+]. The minimum absolute atomic E-state index is 0. The van der Waals surface area contributed by atoms with Crippen molar-refractivity contribution in [3.8, 4) is 0 Å². The predicted molar refractivity (Wildman–Crippen MR) is 42.1 cm³/mol. The van der Waals surface area contributed by atoms with Crippen LogP contribution in [-0.4, -0.2) is 47.0 Å². The molecule has 23 heavy (non-hydrogen) atoms. The summed E-state index contributed by atoms with van der Waals surface area (Å²) in [6.45, 7) is 0. The van der Waals surface area contributed by atoms with E-state index in [0.717, 1.165) is 0 Å². The molecule has 0 rings (SSSR count). The van der Waals surface area contributed by atoms with Crippen molar-refractivity contribution in [1.82, 2.24) is 0 Å². The summed E-state index contributed by atoms with van der Waals surface area (Å²) in [7, 11) is -7.26. The quantitative estimate of drug-likeness (QED) is 0.429. The molecule has 122 valence electrons. The van der Waals surface area contributed by atoms with Gasteiger partial charge in [0.15, 0.2) is 0 Å². The Morgan fingerprint density at radius 2 is 0.957 bits per heavy atom. The van der Waals surface area contributed by atoms with Crippen molar-refractivity contribution in [2.45, 2.75) is 18.4 Å². The fraction of sp³-hybridized carbons (Fsp3) is 0.500. The Labute approximate surface area is 175 Å². The van der Waals surface area contributed by atoms with E-state index in [-0.39, 0.29) is 59.1 Å². The van der Waals surface area contributed by atoms with Gasteiger partial charge in [0.25, 0.3) is 0 Å². The second-order valence-corrected chi connectivity index (χ2v) is 3.92. The molecule has 0 aromatic rings. The molecule has 0 bridgehead atoms. The van der Waals surface area contributed by atoms with E-state index in [1.54, 1.807) is 0 Å². The van der Waals surface area contributed by atoms with Crippen LogP contribution in [0.4, 0.5) is 0 Å². The molecule has 0 aliphatic carbocycles. The Balaban J connectivity index is -0.0000000909. The molecule has 13 nitrogen and oxygen atoms in total. The van der Waals surface area contributed by atoms with Crippen LogP contribution in [0.15, 0.2) is 0 Å². The molecule has 0 heterocycles. The van der Waals surface area contributed by atoms with E-state index < -0.39 is 54.7 Å². The fourth-order valence-electron chi connectivity index (χ4n) is 0.684. The van der Waals surface area contributed by atoms with Crippen molar-refractivity contribution < 1.29 is 122 Å². The summed E-state index contributed by atoms with van der Waals surface area (Å²) in [6.07, 6.45) is -2.72. The summed E-state index contributed by atoms with van der Waals surface area (Å²) >= 11 is 0. The number of carboxylic acids is 3. The van der Waals surface area contributed by atoms with E-state index in [1.807, 2.05) is 0 Å². The average Bonchev–Trinajstić information content (AvgIpc) is 2.11. The van der Waals surface area contributed by atoms with Crippen molar-refractivity contribution in [2.24, 2.45) is 0 Å². The van der Waals surface area contributed by atoms with Gasteiger partial charge in [0.05, 0.1) is 5.97 Å². The molecular weight excluding hydrogens is 382 g/mol. The number of carboxylic acid groups (broad SMARTS) is 3. The van der Waals surface area contributed by atoms with Gasteiger partial charge in [-0.05, 0) is 0 Å². The monoisotopic (exact) mass is 387 g/mol. The summed E-state index contributed by atoms with van der Waals surface area (Å²) in [5.74, 6) is -5.98. The van der Waals surface area contributed by atoms with Gasteiger partial charge in [-0.2, -0.15) is 0 Å². The van der Waals surface area contributed by atoms with Gasteiger partial charge in [0.2, 0.25) is 0 Å². The summed E-state index contributed by atoms with van der Waals surface area (Å²) in [5, 5.41) is 38.9. The molecule has 17 heteroatoms. The largest absolute Gasteiger partial charge is 1.00 e. The van der Waals surface area contributed by atoms with Gasteiger partial charge in [0, 0.05) is 43.1 Å². The van der Waals surface area contributed by atoms with Crippen molar-refractivity contribution in [1.29, 1.82) is 0 Å². The van der Waals surface area contributed by atoms with Crippen molar-refractivity contribution in [2.75, 3.05) is 0 Å². The molecule has 0 saturated heterocycles. The van der Waals surface area contributed by atoms with Crippen LogP contribution in [0.5, 0.6) is 0 Å². The van der Waals surface area contributed by atoms with Gasteiger partial charge >= 0.3 is 59.1 Å². The average molecular weight is 387 g/mol. The first-order valence-corrected chi connectivity index (χ1v) is 6.79. The maximum atomic E-state index is 10.1. The number of rotatable bonds is 5. The summed E-state index contributed by atoms with van der Waals surface area (Å²) in [5.41, 5.74) is -2.97. The van der Waals surface area contributed by atoms with E-state index in [4.69, 9.17) is 33.2 Å². The van der Waals surface area contributed by atoms with Crippen LogP contribution in [0.25, 0.3) is 0 Å². The third-order valence-corrected chi connectivity index (χ3v) is 1.25. The molecule has 0 fully saturated rings. The number of hydrogen-bond donors (Lipinski definition) is 1. The Bertz CT molecular complexity index is 377. The summed E-state index contributed by atoms with van der Waals surface area (Å²) in [6, 6.07) is 0. The molecule has 0 saturated carbocycles. The zero-order valence-electron chi connectivity index (χ0n) is 11.8. The Morgan fingerprint density at radius 1 is 0.783 bits per heavy atom. The third kappa shape index (κ3) is 34.1. The summed E-state index contributed by atoms with van der Waals surface area (Å²) in [4.78, 5) is 64.1. The minimum atomic E-state index is -3.63. The topological polar surface area (TPSA) is 267 Å². The second kappa shape index (κ2) is 17.9. The Hall–Kier alpha value is -0.396. The van der Waals surface area contributed by atoms with Crippen LogP contribution < -0.4 is 93.6 Å². The smallest absolute Gasteiger partial charge is 0.672 e. The normalized spacial score (nSPS) is 8.22. The van der Waals surface area contributed by atoms with Gasteiger partial charge in [-0.3, -0.25) is 0 Å². The van der Waals surface area contributed by atoms with E-state index in [1.165, 1.54) is 0 Å². The van der Waals surface area contributed by atoms with Crippen molar-refractivity contribution in [3.63, 3.8) is 0 Å². The molecule has 0 radical (unpaired) electrons. The molecule has 0 unspecified atom stereocenters. The van der Waals surface area contributed by atoms with Crippen LogP contribution in [0, 0.1) is 0 Å². The van der Waals surface area contributed by atoms with E-state index in [2.05, 4.69) is 0 Å².